The molecule has 6 nitrogen and oxygen atoms in total. The number of carbonyl (C=O) groups excluding carboxylic acids is 2. The zero-order chi connectivity index (χ0) is 24.0. The smallest absolute Gasteiger partial charge is 0.387 e. The fourth-order valence-electron chi connectivity index (χ4n) is 2.91. The molecule has 33 heavy (non-hydrogen) atoms. The van der Waals surface area contributed by atoms with Crippen molar-refractivity contribution in [3.63, 3.8) is 0 Å². The van der Waals surface area contributed by atoms with Crippen molar-refractivity contribution >= 4 is 40.0 Å². The number of anilines is 2. The summed E-state index contributed by atoms with van der Waals surface area (Å²) in [4.78, 5) is 31.5. The quantitative estimate of drug-likeness (QED) is 0.418. The Balaban J connectivity index is 1.65. The van der Waals surface area contributed by atoms with E-state index in [1.165, 1.54) is 59.2 Å². The number of rotatable bonds is 8. The normalized spacial score (nSPS) is 11.1. The molecule has 2 aromatic carbocycles. The van der Waals surface area contributed by atoms with E-state index in [1.54, 1.807) is 30.6 Å². The first kappa shape index (κ1) is 24.0. The van der Waals surface area contributed by atoms with Gasteiger partial charge in [-0.1, -0.05) is 24.3 Å². The second kappa shape index (κ2) is 10.8. The predicted octanol–water partition coefficient (Wildman–Crippen LogP) is 5.24. The first-order chi connectivity index (χ1) is 15.7. The van der Waals surface area contributed by atoms with Gasteiger partial charge < -0.3 is 9.64 Å². The average Bonchev–Trinajstić information content (AvgIpc) is 3.22. The van der Waals surface area contributed by atoms with Gasteiger partial charge in [-0.15, -0.1) is 11.3 Å². The van der Waals surface area contributed by atoms with Gasteiger partial charge in [0.1, 0.15) is 11.6 Å². The zero-order valence-electron chi connectivity index (χ0n) is 17.7. The molecule has 3 aromatic rings. The van der Waals surface area contributed by atoms with Gasteiger partial charge in [-0.2, -0.15) is 8.78 Å². The summed E-state index contributed by atoms with van der Waals surface area (Å²) in [5, 5.41) is 1.93. The van der Waals surface area contributed by atoms with Crippen LogP contribution in [0.3, 0.4) is 0 Å². The SMILES string of the molecule is CC(=O)N(c1nc(/C=C/C(=O)N(C)Cc2ccc(OC(F)F)cc2)cs1)c1ccccc1F. The van der Waals surface area contributed by atoms with Crippen molar-refractivity contribution in [2.45, 2.75) is 20.1 Å². The minimum atomic E-state index is -2.90. The first-order valence-electron chi connectivity index (χ1n) is 9.72. The van der Waals surface area contributed by atoms with Crippen LogP contribution in [-0.4, -0.2) is 35.4 Å². The molecule has 0 atom stereocenters. The number of halogens is 3. The third kappa shape index (κ3) is 6.42. The predicted molar refractivity (Wildman–Crippen MR) is 120 cm³/mol. The average molecular weight is 475 g/mol. The molecule has 0 radical (unpaired) electrons. The summed E-state index contributed by atoms with van der Waals surface area (Å²) in [7, 11) is 1.60. The molecule has 0 unspecified atom stereocenters. The summed E-state index contributed by atoms with van der Waals surface area (Å²) in [6, 6.07) is 11.9. The highest BCUT2D eigenvalue weighted by Crippen LogP contribution is 2.31. The minimum Gasteiger partial charge on any atom is -0.435 e. The molecular weight excluding hydrogens is 455 g/mol. The number of carbonyl (C=O) groups is 2. The first-order valence-corrected chi connectivity index (χ1v) is 10.6. The molecule has 0 spiro atoms. The van der Waals surface area contributed by atoms with Crippen molar-refractivity contribution in [1.82, 2.24) is 9.88 Å². The lowest BCUT2D eigenvalue weighted by atomic mass is 10.2. The third-order valence-corrected chi connectivity index (χ3v) is 5.29. The van der Waals surface area contributed by atoms with Crippen molar-refractivity contribution in [2.24, 2.45) is 0 Å². The molecule has 0 aliphatic heterocycles. The van der Waals surface area contributed by atoms with Gasteiger partial charge in [0.2, 0.25) is 11.8 Å². The van der Waals surface area contributed by atoms with Crippen LogP contribution in [0.5, 0.6) is 5.75 Å². The van der Waals surface area contributed by atoms with Crippen LogP contribution in [0.2, 0.25) is 0 Å². The number of nitrogens with zero attached hydrogens (tertiary/aromatic N) is 3. The van der Waals surface area contributed by atoms with Crippen LogP contribution in [0.1, 0.15) is 18.2 Å². The second-order valence-electron chi connectivity index (χ2n) is 6.91. The number of amides is 2. The molecule has 0 aliphatic carbocycles. The van der Waals surface area contributed by atoms with Gasteiger partial charge in [-0.25, -0.2) is 9.37 Å². The van der Waals surface area contributed by atoms with E-state index in [2.05, 4.69) is 9.72 Å². The van der Waals surface area contributed by atoms with Crippen molar-refractivity contribution in [3.8, 4) is 5.75 Å². The Morgan fingerprint density at radius 2 is 1.85 bits per heavy atom. The fourth-order valence-corrected chi connectivity index (χ4v) is 3.76. The van der Waals surface area contributed by atoms with Crippen LogP contribution in [0, 0.1) is 5.82 Å². The highest BCUT2D eigenvalue weighted by atomic mass is 32.1. The monoisotopic (exact) mass is 475 g/mol. The molecule has 0 bridgehead atoms. The molecule has 10 heteroatoms. The molecule has 0 aliphatic rings. The molecule has 0 N–H and O–H groups in total. The molecular formula is C23H20F3N3O3S. The number of hydrogen-bond acceptors (Lipinski definition) is 5. The summed E-state index contributed by atoms with van der Waals surface area (Å²) < 4.78 is 42.9. The highest BCUT2D eigenvalue weighted by Gasteiger charge is 2.20. The van der Waals surface area contributed by atoms with Crippen molar-refractivity contribution in [2.75, 3.05) is 11.9 Å². The Labute approximate surface area is 192 Å². The van der Waals surface area contributed by atoms with Crippen LogP contribution in [0.15, 0.2) is 60.0 Å². The van der Waals surface area contributed by atoms with Crippen LogP contribution >= 0.6 is 11.3 Å². The summed E-state index contributed by atoms with van der Waals surface area (Å²) in [5.74, 6) is -1.22. The van der Waals surface area contributed by atoms with Gasteiger partial charge in [-0.3, -0.25) is 14.5 Å². The zero-order valence-corrected chi connectivity index (χ0v) is 18.6. The Morgan fingerprint density at radius 1 is 1.15 bits per heavy atom. The van der Waals surface area contributed by atoms with E-state index in [9.17, 15) is 22.8 Å². The lowest BCUT2D eigenvalue weighted by molar-refractivity contribution is -0.125. The Kier molecular flexibility index (Phi) is 7.83. The highest BCUT2D eigenvalue weighted by molar-refractivity contribution is 7.14. The summed E-state index contributed by atoms with van der Waals surface area (Å²) in [6.07, 6.45) is 2.83. The van der Waals surface area contributed by atoms with E-state index >= 15 is 0 Å². The van der Waals surface area contributed by atoms with Gasteiger partial charge in [0, 0.05) is 32.0 Å². The topological polar surface area (TPSA) is 62.7 Å². The van der Waals surface area contributed by atoms with E-state index < -0.39 is 18.3 Å². The van der Waals surface area contributed by atoms with E-state index in [4.69, 9.17) is 0 Å². The van der Waals surface area contributed by atoms with Gasteiger partial charge >= 0.3 is 6.61 Å². The van der Waals surface area contributed by atoms with Gasteiger partial charge in [-0.05, 0) is 35.9 Å². The number of likely N-dealkylation sites (N-methyl/N-ethyl adjacent to an activating group) is 1. The van der Waals surface area contributed by atoms with Crippen LogP contribution in [0.4, 0.5) is 24.0 Å². The van der Waals surface area contributed by atoms with Crippen molar-refractivity contribution in [1.29, 1.82) is 0 Å². The van der Waals surface area contributed by atoms with Crippen LogP contribution in [0.25, 0.3) is 6.08 Å². The van der Waals surface area contributed by atoms with Crippen LogP contribution < -0.4 is 9.64 Å². The van der Waals surface area contributed by atoms with Gasteiger partial charge in [0.25, 0.3) is 0 Å². The lowest BCUT2D eigenvalue weighted by Crippen LogP contribution is -2.24. The summed E-state index contributed by atoms with van der Waals surface area (Å²) in [6.45, 7) is -1.33. The minimum absolute atomic E-state index is 0.0388. The molecule has 2 amide bonds. The Hall–Kier alpha value is -3.66. The van der Waals surface area contributed by atoms with E-state index in [0.717, 1.165) is 16.9 Å². The fraction of sp³-hybridized carbons (Fsp3) is 0.174. The number of hydrogen-bond donors (Lipinski definition) is 0. The maximum absolute atomic E-state index is 14.2. The molecule has 1 aromatic heterocycles. The molecule has 0 saturated carbocycles. The maximum Gasteiger partial charge on any atom is 0.387 e. The number of ether oxygens (including phenoxy) is 1. The molecule has 0 fully saturated rings. The third-order valence-electron chi connectivity index (χ3n) is 4.45. The summed E-state index contributed by atoms with van der Waals surface area (Å²) in [5.41, 5.74) is 1.27. The van der Waals surface area contributed by atoms with E-state index in [-0.39, 0.29) is 29.0 Å². The number of aromatic nitrogens is 1. The van der Waals surface area contributed by atoms with Crippen LogP contribution in [-0.2, 0) is 16.1 Å². The van der Waals surface area contributed by atoms with Crippen molar-refractivity contribution in [3.05, 3.63) is 77.1 Å². The standard InChI is InChI=1S/C23H20F3N3O3S/c1-15(30)29(20-6-4-3-5-19(20)24)23-27-17(14-33-23)9-12-21(31)28(2)13-16-7-10-18(11-8-16)32-22(25)26/h3-12,14,22H,13H2,1-2H3/b12-9+. The Morgan fingerprint density at radius 3 is 2.48 bits per heavy atom. The number of para-hydroxylation sites is 1. The van der Waals surface area contributed by atoms with Gasteiger partial charge in [0.15, 0.2) is 5.13 Å². The van der Waals surface area contributed by atoms with E-state index in [0.29, 0.717) is 5.69 Å². The molecule has 0 saturated heterocycles. The molecule has 3 rings (SSSR count). The van der Waals surface area contributed by atoms with Crippen molar-refractivity contribution < 1.29 is 27.5 Å². The number of alkyl halides is 2. The van der Waals surface area contributed by atoms with Gasteiger partial charge in [0.05, 0.1) is 11.4 Å². The molecule has 1 heterocycles. The largest absolute Gasteiger partial charge is 0.435 e. The number of thiazole rings is 1. The maximum atomic E-state index is 14.2. The lowest BCUT2D eigenvalue weighted by Gasteiger charge is -2.18. The van der Waals surface area contributed by atoms with E-state index in [1.807, 2.05) is 0 Å². The molecule has 172 valence electrons. The Bertz CT molecular complexity index is 1150. The second-order valence-corrected chi connectivity index (χ2v) is 7.75. The summed E-state index contributed by atoms with van der Waals surface area (Å²) >= 11 is 1.14. The number of benzene rings is 2.